The van der Waals surface area contributed by atoms with Crippen LogP contribution in [0.15, 0.2) is 53.6 Å². The quantitative estimate of drug-likeness (QED) is 0.657. The van der Waals surface area contributed by atoms with Crippen molar-refractivity contribution in [1.29, 1.82) is 0 Å². The number of carbonyl (C=O) groups is 1. The number of fused-ring (bicyclic) bond motifs is 1. The van der Waals surface area contributed by atoms with Gasteiger partial charge in [0.15, 0.2) is 0 Å². The lowest BCUT2D eigenvalue weighted by Crippen LogP contribution is -2.54. The number of pyridine rings is 1. The summed E-state index contributed by atoms with van der Waals surface area (Å²) < 4.78 is 1.76. The van der Waals surface area contributed by atoms with E-state index < -0.39 is 5.54 Å². The molecule has 0 saturated carbocycles. The predicted molar refractivity (Wildman–Crippen MR) is 98.7 cm³/mol. The van der Waals surface area contributed by atoms with E-state index in [4.69, 9.17) is 0 Å². The van der Waals surface area contributed by atoms with Gasteiger partial charge < -0.3 is 15.6 Å². The smallest absolute Gasteiger partial charge is 0.248 e. The van der Waals surface area contributed by atoms with Crippen LogP contribution in [-0.4, -0.2) is 33.8 Å². The average molecular weight is 351 g/mol. The number of hydrogen-bond donors (Lipinski definition) is 3. The summed E-state index contributed by atoms with van der Waals surface area (Å²) in [6, 6.07) is 11.0. The van der Waals surface area contributed by atoms with E-state index >= 15 is 0 Å². The summed E-state index contributed by atoms with van der Waals surface area (Å²) in [6.45, 7) is 1.84. The van der Waals surface area contributed by atoms with Crippen molar-refractivity contribution in [1.82, 2.24) is 25.4 Å². The van der Waals surface area contributed by atoms with Gasteiger partial charge in [-0.25, -0.2) is 0 Å². The van der Waals surface area contributed by atoms with Crippen LogP contribution >= 0.6 is 0 Å². The summed E-state index contributed by atoms with van der Waals surface area (Å²) in [5.41, 5.74) is 0.720. The van der Waals surface area contributed by atoms with E-state index in [1.165, 1.54) is 0 Å². The standard InChI is InChI=1S/C19H21N5O2/c25-17-12-14(15-4-1-2-5-16(15)23-17)13-21-18(26)19(6-9-20-10-7-19)24-11-3-8-22-24/h1-5,8,11-12,20H,6-7,9-10,13H2,(H,21,26)(H,23,25). The van der Waals surface area contributed by atoms with E-state index in [1.807, 2.05) is 36.5 Å². The zero-order valence-corrected chi connectivity index (χ0v) is 14.4. The second-order valence-corrected chi connectivity index (χ2v) is 6.62. The van der Waals surface area contributed by atoms with Crippen molar-refractivity contribution in [3.8, 4) is 0 Å². The molecule has 0 atom stereocenters. The molecule has 3 N–H and O–H groups in total. The van der Waals surface area contributed by atoms with Crippen LogP contribution in [0.5, 0.6) is 0 Å². The molecule has 1 amide bonds. The molecule has 0 bridgehead atoms. The first kappa shape index (κ1) is 16.5. The molecule has 2 aromatic heterocycles. The minimum absolute atomic E-state index is 0.0629. The monoisotopic (exact) mass is 351 g/mol. The Labute approximate surface area is 150 Å². The number of H-pyrrole nitrogens is 1. The van der Waals surface area contributed by atoms with Gasteiger partial charge in [-0.1, -0.05) is 18.2 Å². The molecule has 26 heavy (non-hydrogen) atoms. The molecule has 1 aliphatic heterocycles. The van der Waals surface area contributed by atoms with Crippen molar-refractivity contribution < 1.29 is 4.79 Å². The van der Waals surface area contributed by atoms with Crippen LogP contribution in [0, 0.1) is 0 Å². The van der Waals surface area contributed by atoms with Crippen molar-refractivity contribution in [3.05, 3.63) is 64.7 Å². The molecule has 0 spiro atoms. The maximum atomic E-state index is 13.1. The first-order valence-electron chi connectivity index (χ1n) is 8.79. The van der Waals surface area contributed by atoms with Gasteiger partial charge in [0.1, 0.15) is 5.54 Å². The van der Waals surface area contributed by atoms with Crippen LogP contribution in [0.1, 0.15) is 18.4 Å². The van der Waals surface area contributed by atoms with Gasteiger partial charge in [-0.05, 0) is 43.6 Å². The van der Waals surface area contributed by atoms with E-state index in [0.29, 0.717) is 19.4 Å². The van der Waals surface area contributed by atoms with E-state index in [2.05, 4.69) is 20.7 Å². The summed E-state index contributed by atoms with van der Waals surface area (Å²) in [5, 5.41) is 11.6. The fraction of sp³-hybridized carbons (Fsp3) is 0.316. The van der Waals surface area contributed by atoms with Crippen molar-refractivity contribution in [2.45, 2.75) is 24.9 Å². The third kappa shape index (κ3) is 2.90. The minimum Gasteiger partial charge on any atom is -0.350 e. The van der Waals surface area contributed by atoms with Crippen LogP contribution in [0.3, 0.4) is 0 Å². The summed E-state index contributed by atoms with van der Waals surface area (Å²) in [6.07, 6.45) is 4.89. The number of hydrogen-bond acceptors (Lipinski definition) is 4. The molecule has 1 saturated heterocycles. The van der Waals surface area contributed by atoms with Crippen molar-refractivity contribution >= 4 is 16.8 Å². The topological polar surface area (TPSA) is 91.8 Å². The fourth-order valence-electron chi connectivity index (χ4n) is 3.69. The van der Waals surface area contributed by atoms with Crippen molar-refractivity contribution in [2.24, 2.45) is 0 Å². The zero-order chi connectivity index (χ0) is 18.0. The first-order chi connectivity index (χ1) is 12.7. The molecule has 0 radical (unpaired) electrons. The minimum atomic E-state index is -0.689. The van der Waals surface area contributed by atoms with E-state index in [0.717, 1.165) is 29.6 Å². The molecule has 7 heteroatoms. The molecular formula is C19H21N5O2. The van der Waals surface area contributed by atoms with Crippen LogP contribution < -0.4 is 16.2 Å². The number of benzene rings is 1. The van der Waals surface area contributed by atoms with Crippen LogP contribution in [0.25, 0.3) is 10.9 Å². The maximum absolute atomic E-state index is 13.1. The highest BCUT2D eigenvalue weighted by molar-refractivity contribution is 5.86. The predicted octanol–water partition coefficient (Wildman–Crippen LogP) is 1.12. The Hall–Kier alpha value is -2.93. The fourth-order valence-corrected chi connectivity index (χ4v) is 3.69. The third-order valence-electron chi connectivity index (χ3n) is 5.07. The largest absolute Gasteiger partial charge is 0.350 e. The third-order valence-corrected chi connectivity index (χ3v) is 5.07. The number of amides is 1. The summed E-state index contributed by atoms with van der Waals surface area (Å²) >= 11 is 0. The Morgan fingerprint density at radius 2 is 2.04 bits per heavy atom. The van der Waals surface area contributed by atoms with Gasteiger partial charge in [0, 0.05) is 35.9 Å². The normalized spacial score (nSPS) is 16.5. The Kier molecular flexibility index (Phi) is 4.30. The number of nitrogens with zero attached hydrogens (tertiary/aromatic N) is 2. The maximum Gasteiger partial charge on any atom is 0.248 e. The Bertz CT molecular complexity index is 971. The molecule has 1 aromatic carbocycles. The molecule has 7 nitrogen and oxygen atoms in total. The van der Waals surface area contributed by atoms with Gasteiger partial charge in [0.25, 0.3) is 0 Å². The second-order valence-electron chi connectivity index (χ2n) is 6.62. The molecule has 1 fully saturated rings. The molecule has 3 heterocycles. The summed E-state index contributed by atoms with van der Waals surface area (Å²) in [4.78, 5) is 27.9. The SMILES string of the molecule is O=C(NCc1cc(=O)[nH]c2ccccc12)C1(n2cccn2)CCNCC1. The Balaban J connectivity index is 1.61. The van der Waals surface area contributed by atoms with Crippen molar-refractivity contribution in [3.63, 3.8) is 0 Å². The van der Waals surface area contributed by atoms with E-state index in [9.17, 15) is 9.59 Å². The van der Waals surface area contributed by atoms with Gasteiger partial charge in [-0.15, -0.1) is 0 Å². The van der Waals surface area contributed by atoms with Gasteiger partial charge in [0.2, 0.25) is 11.5 Å². The number of aromatic nitrogens is 3. The highest BCUT2D eigenvalue weighted by Gasteiger charge is 2.41. The lowest BCUT2D eigenvalue weighted by atomic mass is 9.87. The molecule has 0 aliphatic carbocycles. The lowest BCUT2D eigenvalue weighted by Gasteiger charge is -2.36. The van der Waals surface area contributed by atoms with Crippen LogP contribution in [-0.2, 0) is 16.9 Å². The van der Waals surface area contributed by atoms with Gasteiger partial charge in [-0.2, -0.15) is 5.10 Å². The number of nitrogens with one attached hydrogen (secondary N) is 3. The van der Waals surface area contributed by atoms with Gasteiger partial charge >= 0.3 is 0 Å². The van der Waals surface area contributed by atoms with Gasteiger partial charge in [0.05, 0.1) is 0 Å². The highest BCUT2D eigenvalue weighted by atomic mass is 16.2. The summed E-state index contributed by atoms with van der Waals surface area (Å²) in [5.74, 6) is -0.0629. The number of rotatable bonds is 4. The van der Waals surface area contributed by atoms with E-state index in [1.54, 1.807) is 16.9 Å². The number of aromatic amines is 1. The summed E-state index contributed by atoms with van der Waals surface area (Å²) in [7, 11) is 0. The molecule has 134 valence electrons. The van der Waals surface area contributed by atoms with Crippen LogP contribution in [0.4, 0.5) is 0 Å². The highest BCUT2D eigenvalue weighted by Crippen LogP contribution is 2.27. The second kappa shape index (κ2) is 6.76. The number of para-hydroxylation sites is 1. The Morgan fingerprint density at radius 3 is 2.81 bits per heavy atom. The molecule has 3 aromatic rings. The van der Waals surface area contributed by atoms with Gasteiger partial charge in [-0.3, -0.25) is 14.3 Å². The average Bonchev–Trinajstić information content (AvgIpc) is 3.21. The zero-order valence-electron chi connectivity index (χ0n) is 14.4. The molecule has 0 unspecified atom stereocenters. The molecule has 4 rings (SSSR count). The van der Waals surface area contributed by atoms with E-state index in [-0.39, 0.29) is 11.5 Å². The molecular weight excluding hydrogens is 330 g/mol. The van der Waals surface area contributed by atoms with Crippen molar-refractivity contribution in [2.75, 3.05) is 13.1 Å². The lowest BCUT2D eigenvalue weighted by molar-refractivity contribution is -0.132. The number of carbonyl (C=O) groups excluding carboxylic acids is 1. The Morgan fingerprint density at radius 1 is 1.23 bits per heavy atom. The molecule has 1 aliphatic rings. The number of piperidine rings is 1. The first-order valence-corrected chi connectivity index (χ1v) is 8.79. The van der Waals surface area contributed by atoms with Crippen LogP contribution in [0.2, 0.25) is 0 Å².